The lowest BCUT2D eigenvalue weighted by atomic mass is 10.0. The van der Waals surface area contributed by atoms with Crippen LogP contribution in [0.4, 0.5) is 4.39 Å². The minimum atomic E-state index is -0.573. The first kappa shape index (κ1) is 20.6. The second-order valence-corrected chi connectivity index (χ2v) is 7.26. The van der Waals surface area contributed by atoms with Crippen molar-refractivity contribution >= 4 is 34.8 Å². The van der Waals surface area contributed by atoms with E-state index in [4.69, 9.17) is 23.2 Å². The van der Waals surface area contributed by atoms with Crippen molar-refractivity contribution in [3.8, 4) is 0 Å². The number of hydrogen-bond donors (Lipinski definition) is 2. The average Bonchev–Trinajstić information content (AvgIpc) is 2.84. The molecule has 0 aliphatic carbocycles. The number of nitrogens with one attached hydrogen (secondary N) is 2. The third-order valence-electron chi connectivity index (χ3n) is 4.44. The number of aryl methyl sites for hydroxylation is 1. The van der Waals surface area contributed by atoms with Gasteiger partial charge in [0.15, 0.2) is 11.6 Å². The summed E-state index contributed by atoms with van der Waals surface area (Å²) in [4.78, 5) is 27.5. The molecule has 0 saturated heterocycles. The van der Waals surface area contributed by atoms with Crippen LogP contribution in [0.5, 0.6) is 0 Å². The van der Waals surface area contributed by atoms with Crippen LogP contribution in [0.1, 0.15) is 64.5 Å². The van der Waals surface area contributed by atoms with E-state index in [-0.39, 0.29) is 22.6 Å². The Balaban J connectivity index is 2.24. The Bertz CT molecular complexity index is 877. The Morgan fingerprint density at radius 3 is 2.31 bits per heavy atom. The van der Waals surface area contributed by atoms with E-state index in [0.29, 0.717) is 33.1 Å². The van der Waals surface area contributed by atoms with Gasteiger partial charge in [-0.1, -0.05) is 23.2 Å². The quantitative estimate of drug-likeness (QED) is 0.518. The summed E-state index contributed by atoms with van der Waals surface area (Å²) in [6.07, 6.45) is 0. The van der Waals surface area contributed by atoms with Crippen LogP contribution in [-0.2, 0) is 0 Å². The van der Waals surface area contributed by atoms with Crippen LogP contribution >= 0.6 is 23.2 Å². The summed E-state index contributed by atoms with van der Waals surface area (Å²) in [5.41, 5.74) is 2.75. The molecule has 2 N–H and O–H groups in total. The molecule has 1 aromatic heterocycles. The van der Waals surface area contributed by atoms with Crippen molar-refractivity contribution in [2.24, 2.45) is 0 Å². The third kappa shape index (κ3) is 4.00. The van der Waals surface area contributed by atoms with E-state index >= 15 is 0 Å². The van der Waals surface area contributed by atoms with Crippen LogP contribution in [0.15, 0.2) is 12.1 Å². The minimum absolute atomic E-state index is 0.0516. The van der Waals surface area contributed by atoms with E-state index in [1.165, 1.54) is 19.1 Å². The fourth-order valence-electron chi connectivity index (χ4n) is 3.15. The maximum Gasteiger partial charge on any atom is 0.195 e. The predicted octanol–water partition coefficient (Wildman–Crippen LogP) is 5.20. The number of halogens is 3. The summed E-state index contributed by atoms with van der Waals surface area (Å²) in [6, 6.07) is 1.65. The monoisotopic (exact) mass is 398 g/mol. The molecule has 2 rings (SSSR count). The highest BCUT2D eigenvalue weighted by atomic mass is 35.5. The van der Waals surface area contributed by atoms with Crippen LogP contribution in [0.25, 0.3) is 0 Å². The molecule has 4 nitrogen and oxygen atoms in total. The van der Waals surface area contributed by atoms with Gasteiger partial charge in [0.2, 0.25) is 0 Å². The molecule has 0 saturated carbocycles. The van der Waals surface area contributed by atoms with Crippen molar-refractivity contribution in [2.75, 3.05) is 0 Å². The maximum atomic E-state index is 13.7. The van der Waals surface area contributed by atoms with Crippen LogP contribution in [-0.4, -0.2) is 22.6 Å². The number of aromatic nitrogens is 1. The normalized spacial score (nSPS) is 13.5. The molecule has 0 amide bonds. The van der Waals surface area contributed by atoms with Gasteiger partial charge in [0.05, 0.1) is 16.8 Å². The Morgan fingerprint density at radius 2 is 1.77 bits per heavy atom. The van der Waals surface area contributed by atoms with Gasteiger partial charge in [-0.25, -0.2) is 4.39 Å². The summed E-state index contributed by atoms with van der Waals surface area (Å²) in [7, 11) is 0. The molecule has 0 aliphatic rings. The molecule has 1 aromatic carbocycles. The van der Waals surface area contributed by atoms with E-state index in [1.54, 1.807) is 27.7 Å². The number of benzene rings is 1. The molecule has 7 heteroatoms. The zero-order valence-electron chi connectivity index (χ0n) is 15.3. The Morgan fingerprint density at radius 1 is 1.15 bits per heavy atom. The predicted molar refractivity (Wildman–Crippen MR) is 102 cm³/mol. The molecule has 1 heterocycles. The van der Waals surface area contributed by atoms with E-state index in [9.17, 15) is 14.0 Å². The molecule has 26 heavy (non-hydrogen) atoms. The second-order valence-electron chi connectivity index (χ2n) is 6.44. The smallest absolute Gasteiger partial charge is 0.195 e. The molecule has 0 spiro atoms. The van der Waals surface area contributed by atoms with Gasteiger partial charge in [-0.2, -0.15) is 0 Å². The first-order valence-electron chi connectivity index (χ1n) is 8.19. The number of H-pyrrole nitrogens is 1. The molecule has 0 unspecified atom stereocenters. The molecule has 0 aliphatic heterocycles. The molecule has 2 aromatic rings. The second kappa shape index (κ2) is 7.91. The summed E-state index contributed by atoms with van der Waals surface area (Å²) < 4.78 is 13.7. The van der Waals surface area contributed by atoms with E-state index in [0.717, 1.165) is 0 Å². The Hall–Kier alpha value is -1.69. The van der Waals surface area contributed by atoms with Crippen LogP contribution in [0.2, 0.25) is 10.0 Å². The summed E-state index contributed by atoms with van der Waals surface area (Å²) in [5, 5.41) is 3.39. The summed E-state index contributed by atoms with van der Waals surface area (Å²) in [5.74, 6) is -0.844. The van der Waals surface area contributed by atoms with Gasteiger partial charge < -0.3 is 10.3 Å². The van der Waals surface area contributed by atoms with Crippen molar-refractivity contribution in [3.63, 3.8) is 0 Å². The van der Waals surface area contributed by atoms with Crippen molar-refractivity contribution < 1.29 is 14.0 Å². The van der Waals surface area contributed by atoms with Crippen LogP contribution < -0.4 is 5.32 Å². The van der Waals surface area contributed by atoms with Crippen molar-refractivity contribution in [1.29, 1.82) is 0 Å². The third-order valence-corrected chi connectivity index (χ3v) is 5.05. The lowest BCUT2D eigenvalue weighted by Gasteiger charge is -2.20. The van der Waals surface area contributed by atoms with Crippen molar-refractivity contribution in [3.05, 3.63) is 56.1 Å². The highest BCUT2D eigenvalue weighted by molar-refractivity contribution is 6.35. The highest BCUT2D eigenvalue weighted by Gasteiger charge is 2.25. The number of rotatable bonds is 6. The molecule has 140 valence electrons. The van der Waals surface area contributed by atoms with Crippen molar-refractivity contribution in [2.45, 2.75) is 46.7 Å². The SMILES string of the molecule is CC(=O)c1c(C)[nH]c(C(=O)[C@@H](C)N[C@H](C)c2cc(F)c(Cl)cc2Cl)c1C. The highest BCUT2D eigenvalue weighted by Crippen LogP contribution is 2.29. The summed E-state index contributed by atoms with van der Waals surface area (Å²) >= 11 is 11.9. The largest absolute Gasteiger partial charge is 0.355 e. The topological polar surface area (TPSA) is 62.0 Å². The zero-order chi connectivity index (χ0) is 19.8. The molecular weight excluding hydrogens is 378 g/mol. The number of Topliss-reactive ketones (excluding diaryl/α,β-unsaturated/α-hetero) is 2. The minimum Gasteiger partial charge on any atom is -0.355 e. The van der Waals surface area contributed by atoms with Gasteiger partial charge in [0.1, 0.15) is 5.82 Å². The number of ketones is 2. The van der Waals surface area contributed by atoms with Gasteiger partial charge >= 0.3 is 0 Å². The van der Waals surface area contributed by atoms with Crippen LogP contribution in [0, 0.1) is 19.7 Å². The molecule has 0 bridgehead atoms. The molecule has 2 atom stereocenters. The van der Waals surface area contributed by atoms with Gasteiger partial charge in [0.25, 0.3) is 0 Å². The first-order valence-corrected chi connectivity index (χ1v) is 8.95. The Labute approximate surface area is 162 Å². The maximum absolute atomic E-state index is 13.7. The van der Waals surface area contributed by atoms with Crippen LogP contribution in [0.3, 0.4) is 0 Å². The van der Waals surface area contributed by atoms with E-state index in [1.807, 2.05) is 0 Å². The molecule has 0 fully saturated rings. The fourth-order valence-corrected chi connectivity index (χ4v) is 3.70. The number of hydrogen-bond acceptors (Lipinski definition) is 3. The van der Waals surface area contributed by atoms with Gasteiger partial charge in [-0.05, 0) is 57.9 Å². The van der Waals surface area contributed by atoms with E-state index in [2.05, 4.69) is 10.3 Å². The van der Waals surface area contributed by atoms with Gasteiger partial charge in [0, 0.05) is 22.3 Å². The fraction of sp³-hybridized carbons (Fsp3) is 0.368. The van der Waals surface area contributed by atoms with Crippen molar-refractivity contribution in [1.82, 2.24) is 10.3 Å². The zero-order valence-corrected chi connectivity index (χ0v) is 16.8. The molecular formula is C19H21Cl2FN2O2. The van der Waals surface area contributed by atoms with Gasteiger partial charge in [-0.15, -0.1) is 0 Å². The van der Waals surface area contributed by atoms with Gasteiger partial charge in [-0.3, -0.25) is 9.59 Å². The lowest BCUT2D eigenvalue weighted by Crippen LogP contribution is -2.36. The first-order chi connectivity index (χ1) is 12.0. The average molecular weight is 399 g/mol. The standard InChI is InChI=1S/C19H21Cl2FN2O2/c1-8-17(12(5)25)10(3)24-18(8)19(26)11(4)23-9(2)13-6-16(22)15(21)7-14(13)20/h6-7,9,11,23-24H,1-5H3/t9-,11-/m1/s1. The summed E-state index contributed by atoms with van der Waals surface area (Å²) in [6.45, 7) is 8.47. The van der Waals surface area contributed by atoms with E-state index < -0.39 is 11.9 Å². The number of carbonyl (C=O) groups excluding carboxylic acids is 2. The Kier molecular flexibility index (Phi) is 6.27. The lowest BCUT2D eigenvalue weighted by molar-refractivity contribution is 0.0940. The number of carbonyl (C=O) groups is 2. The number of aromatic amines is 1. The molecule has 0 radical (unpaired) electrons.